The highest BCUT2D eigenvalue weighted by atomic mass is 16.5. The molecule has 2 aliphatic heterocycles. The van der Waals surface area contributed by atoms with E-state index in [0.29, 0.717) is 12.0 Å². The highest BCUT2D eigenvalue weighted by Gasteiger charge is 2.55. The number of benzene rings is 2. The van der Waals surface area contributed by atoms with Crippen LogP contribution in [0.25, 0.3) is 0 Å². The summed E-state index contributed by atoms with van der Waals surface area (Å²) in [5.41, 5.74) is 2.11. The fraction of sp³-hybridized carbons (Fsp3) is 0.222. The Balaban J connectivity index is 1.78. The number of carbonyl (C=O) groups excluding carboxylic acids is 1. The summed E-state index contributed by atoms with van der Waals surface area (Å²) in [6.45, 7) is -0.260. The van der Waals surface area contributed by atoms with Crippen molar-refractivity contribution in [1.29, 1.82) is 0 Å². The minimum Gasteiger partial charge on any atom is -0.497 e. The molecule has 0 saturated heterocycles. The summed E-state index contributed by atoms with van der Waals surface area (Å²) < 4.78 is 5.17. The van der Waals surface area contributed by atoms with Crippen molar-refractivity contribution in [1.82, 2.24) is 0 Å². The van der Waals surface area contributed by atoms with Crippen molar-refractivity contribution in [3.05, 3.63) is 59.7 Å². The van der Waals surface area contributed by atoms with E-state index in [-0.39, 0.29) is 12.4 Å². The van der Waals surface area contributed by atoms with Gasteiger partial charge in [-0.1, -0.05) is 12.1 Å². The van der Waals surface area contributed by atoms with E-state index >= 15 is 0 Å². The van der Waals surface area contributed by atoms with Crippen LogP contribution in [0.15, 0.2) is 53.6 Å². The monoisotopic (exact) mass is 308 g/mol. The lowest BCUT2D eigenvalue weighted by atomic mass is 9.87. The summed E-state index contributed by atoms with van der Waals surface area (Å²) in [4.78, 5) is 12.8. The molecule has 0 aliphatic carbocycles. The highest BCUT2D eigenvalue weighted by Crippen LogP contribution is 2.45. The van der Waals surface area contributed by atoms with Crippen molar-refractivity contribution >= 4 is 17.2 Å². The molecule has 2 heterocycles. The van der Waals surface area contributed by atoms with Crippen LogP contribution in [0.3, 0.4) is 0 Å². The van der Waals surface area contributed by atoms with Gasteiger partial charge in [-0.15, -0.1) is 0 Å². The molecular weight excluding hydrogens is 292 g/mol. The molecule has 0 spiro atoms. The van der Waals surface area contributed by atoms with E-state index in [0.717, 1.165) is 22.7 Å². The third-order valence-corrected chi connectivity index (χ3v) is 4.57. The molecule has 23 heavy (non-hydrogen) atoms. The van der Waals surface area contributed by atoms with Gasteiger partial charge in [-0.05, 0) is 42.0 Å². The van der Waals surface area contributed by atoms with E-state index in [1.807, 2.05) is 42.5 Å². The van der Waals surface area contributed by atoms with Gasteiger partial charge in [-0.25, -0.2) is 5.01 Å². The second kappa shape index (κ2) is 4.93. The number of carbonyl (C=O) groups is 1. The number of ether oxygens (including phenoxy) is 1. The van der Waals surface area contributed by atoms with E-state index in [4.69, 9.17) is 4.74 Å². The maximum atomic E-state index is 12.8. The minimum atomic E-state index is -1.00. The molecule has 5 heteroatoms. The standard InChI is InChI=1S/C18H16N2O3/c1-23-13-8-6-12(7-9-13)15-10-18(11-21)17(22)14-4-2-3-5-16(14)20(18)19-15/h2-9,21H,10-11H2,1H3. The zero-order valence-corrected chi connectivity index (χ0v) is 12.7. The van der Waals surface area contributed by atoms with Crippen LogP contribution in [-0.4, -0.2) is 35.9 Å². The number of hydrogen-bond acceptors (Lipinski definition) is 5. The molecule has 2 aromatic rings. The SMILES string of the molecule is COc1ccc(C2=NN3c4ccccc4C(=O)C3(CO)C2)cc1. The van der Waals surface area contributed by atoms with E-state index < -0.39 is 5.54 Å². The molecule has 1 unspecified atom stereocenters. The fourth-order valence-corrected chi connectivity index (χ4v) is 3.30. The molecule has 4 rings (SSSR count). The second-order valence-corrected chi connectivity index (χ2v) is 5.80. The number of aliphatic hydroxyl groups is 1. The Bertz CT molecular complexity index is 813. The minimum absolute atomic E-state index is 0.0668. The summed E-state index contributed by atoms with van der Waals surface area (Å²) >= 11 is 0. The number of para-hydroxylation sites is 1. The van der Waals surface area contributed by atoms with Crippen LogP contribution in [0.4, 0.5) is 5.69 Å². The fourth-order valence-electron chi connectivity index (χ4n) is 3.30. The number of ketones is 1. The van der Waals surface area contributed by atoms with Crippen molar-refractivity contribution in [2.75, 3.05) is 18.7 Å². The van der Waals surface area contributed by atoms with Crippen LogP contribution in [-0.2, 0) is 0 Å². The van der Waals surface area contributed by atoms with E-state index in [9.17, 15) is 9.90 Å². The van der Waals surface area contributed by atoms with Gasteiger partial charge in [0.25, 0.3) is 0 Å². The van der Waals surface area contributed by atoms with Gasteiger partial charge >= 0.3 is 0 Å². The number of nitrogens with zero attached hydrogens (tertiary/aromatic N) is 2. The lowest BCUT2D eigenvalue weighted by Gasteiger charge is -2.27. The average molecular weight is 308 g/mol. The predicted octanol–water partition coefficient (Wildman–Crippen LogP) is 2.24. The first-order valence-electron chi connectivity index (χ1n) is 7.46. The van der Waals surface area contributed by atoms with Crippen LogP contribution in [0.1, 0.15) is 22.3 Å². The Hall–Kier alpha value is -2.66. The van der Waals surface area contributed by atoms with Gasteiger partial charge in [0.1, 0.15) is 5.75 Å². The van der Waals surface area contributed by atoms with Crippen molar-refractivity contribution in [3.63, 3.8) is 0 Å². The third kappa shape index (κ3) is 1.83. The topological polar surface area (TPSA) is 62.1 Å². The number of aliphatic hydroxyl groups excluding tert-OH is 1. The summed E-state index contributed by atoms with van der Waals surface area (Å²) in [5, 5.41) is 16.3. The van der Waals surface area contributed by atoms with Crippen molar-refractivity contribution < 1.29 is 14.6 Å². The number of fused-ring (bicyclic) bond motifs is 3. The van der Waals surface area contributed by atoms with Crippen LogP contribution in [0.5, 0.6) is 5.75 Å². The van der Waals surface area contributed by atoms with Crippen molar-refractivity contribution in [2.24, 2.45) is 5.10 Å². The van der Waals surface area contributed by atoms with Gasteiger partial charge in [0.2, 0.25) is 0 Å². The molecule has 0 aromatic heterocycles. The summed E-state index contributed by atoms with van der Waals surface area (Å²) in [6.07, 6.45) is 0.392. The molecule has 0 amide bonds. The lowest BCUT2D eigenvalue weighted by molar-refractivity contribution is 0.0840. The Morgan fingerprint density at radius 3 is 2.65 bits per heavy atom. The van der Waals surface area contributed by atoms with Crippen LogP contribution in [0, 0.1) is 0 Å². The number of anilines is 1. The predicted molar refractivity (Wildman–Crippen MR) is 87.2 cm³/mol. The van der Waals surface area contributed by atoms with Crippen molar-refractivity contribution in [2.45, 2.75) is 12.0 Å². The zero-order chi connectivity index (χ0) is 16.0. The Morgan fingerprint density at radius 1 is 1.22 bits per heavy atom. The molecule has 1 atom stereocenters. The number of hydrogen-bond donors (Lipinski definition) is 1. The van der Waals surface area contributed by atoms with E-state index in [1.165, 1.54) is 0 Å². The maximum Gasteiger partial charge on any atom is 0.195 e. The normalized spacial score (nSPS) is 21.9. The number of methoxy groups -OCH3 is 1. The molecule has 2 aliphatic rings. The van der Waals surface area contributed by atoms with Gasteiger partial charge in [0.15, 0.2) is 11.3 Å². The number of Topliss-reactive ketones (excluding diaryl/α,β-unsaturated/α-hetero) is 1. The Kier molecular flexibility index (Phi) is 2.99. The van der Waals surface area contributed by atoms with Gasteiger partial charge in [-0.2, -0.15) is 5.10 Å². The zero-order valence-electron chi connectivity index (χ0n) is 12.7. The molecule has 2 aromatic carbocycles. The van der Waals surface area contributed by atoms with Gasteiger partial charge in [0, 0.05) is 12.0 Å². The first kappa shape index (κ1) is 14.0. The lowest BCUT2D eigenvalue weighted by Crippen LogP contribution is -2.48. The molecule has 5 nitrogen and oxygen atoms in total. The van der Waals surface area contributed by atoms with E-state index in [2.05, 4.69) is 5.10 Å². The molecule has 1 N–H and O–H groups in total. The molecule has 116 valence electrons. The first-order valence-corrected chi connectivity index (χ1v) is 7.46. The van der Waals surface area contributed by atoms with Gasteiger partial charge < -0.3 is 9.84 Å². The van der Waals surface area contributed by atoms with Crippen LogP contribution < -0.4 is 9.75 Å². The smallest absolute Gasteiger partial charge is 0.195 e. The highest BCUT2D eigenvalue weighted by molar-refractivity contribution is 6.20. The molecular formula is C18H16N2O3. The number of rotatable bonds is 3. The molecule has 0 radical (unpaired) electrons. The van der Waals surface area contributed by atoms with Crippen LogP contribution in [0.2, 0.25) is 0 Å². The molecule has 0 saturated carbocycles. The van der Waals surface area contributed by atoms with Crippen LogP contribution >= 0.6 is 0 Å². The summed E-state index contributed by atoms with van der Waals surface area (Å²) in [5.74, 6) is 0.703. The summed E-state index contributed by atoms with van der Waals surface area (Å²) in [6, 6.07) is 14.9. The summed E-state index contributed by atoms with van der Waals surface area (Å²) in [7, 11) is 1.62. The van der Waals surface area contributed by atoms with Gasteiger partial charge in [0.05, 0.1) is 25.1 Å². The first-order chi connectivity index (χ1) is 11.2. The van der Waals surface area contributed by atoms with Gasteiger partial charge in [-0.3, -0.25) is 4.79 Å². The Morgan fingerprint density at radius 2 is 1.96 bits per heavy atom. The quantitative estimate of drug-likeness (QED) is 0.944. The second-order valence-electron chi connectivity index (χ2n) is 5.80. The maximum absolute atomic E-state index is 12.8. The average Bonchev–Trinajstić information content (AvgIpc) is 3.11. The van der Waals surface area contributed by atoms with Crippen molar-refractivity contribution in [3.8, 4) is 5.75 Å². The third-order valence-electron chi connectivity index (χ3n) is 4.57. The number of hydrazone groups is 1. The largest absolute Gasteiger partial charge is 0.497 e. The molecule has 0 bridgehead atoms. The Labute approximate surface area is 133 Å². The van der Waals surface area contributed by atoms with E-state index in [1.54, 1.807) is 18.2 Å². The molecule has 0 fully saturated rings.